The number of aromatic nitrogens is 2. The fraction of sp³-hybridized carbons (Fsp3) is 0.500. The molecule has 0 radical (unpaired) electrons. The first-order valence-corrected chi connectivity index (χ1v) is 4.75. The number of Topliss-reactive ketones (excluding diaryl/α,β-unsaturated/α-hetero) is 1. The van der Waals surface area contributed by atoms with E-state index in [0.717, 1.165) is 29.8 Å². The van der Waals surface area contributed by atoms with Gasteiger partial charge in [-0.05, 0) is 22.4 Å². The van der Waals surface area contributed by atoms with Crippen LogP contribution in [0.4, 0.5) is 0 Å². The number of hydrogen-bond donors (Lipinski definition) is 0. The Labute approximate surface area is 78.9 Å². The highest BCUT2D eigenvalue weighted by Crippen LogP contribution is 2.24. The Morgan fingerprint density at radius 2 is 2.42 bits per heavy atom. The Morgan fingerprint density at radius 1 is 1.67 bits per heavy atom. The monoisotopic (exact) mass is 228 g/mol. The minimum Gasteiger partial charge on any atom is -0.322 e. The van der Waals surface area contributed by atoms with Crippen LogP contribution in [0.3, 0.4) is 0 Å². The summed E-state index contributed by atoms with van der Waals surface area (Å²) < 4.78 is 2.92. The molecule has 1 aliphatic rings. The lowest BCUT2D eigenvalue weighted by atomic mass is 10.3. The Bertz CT molecular complexity index is 343. The molecule has 2 heterocycles. The highest BCUT2D eigenvalue weighted by Gasteiger charge is 2.20. The fourth-order valence-electron chi connectivity index (χ4n) is 1.51. The van der Waals surface area contributed by atoms with E-state index in [1.165, 1.54) is 0 Å². The van der Waals surface area contributed by atoms with Crippen molar-refractivity contribution in [1.29, 1.82) is 0 Å². The van der Waals surface area contributed by atoms with Crippen molar-refractivity contribution in [1.82, 2.24) is 9.55 Å². The Hall–Kier alpha value is -0.640. The molecule has 1 aromatic rings. The molecule has 0 aliphatic carbocycles. The zero-order chi connectivity index (χ0) is 8.72. The quantitative estimate of drug-likeness (QED) is 0.688. The smallest absolute Gasteiger partial charge is 0.180 e. The molecule has 0 aromatic carbocycles. The lowest BCUT2D eigenvalue weighted by Crippen LogP contribution is -1.96. The standard InChI is InChI=1S/C8H9BrN2O/c1-5(12)7-8(9)11-4-2-3-6(11)10-7/h2-4H2,1H3. The first-order valence-electron chi connectivity index (χ1n) is 3.96. The van der Waals surface area contributed by atoms with Gasteiger partial charge in [-0.2, -0.15) is 0 Å². The molecule has 0 amide bonds. The van der Waals surface area contributed by atoms with E-state index in [1.54, 1.807) is 6.92 Å². The van der Waals surface area contributed by atoms with E-state index in [4.69, 9.17) is 0 Å². The lowest BCUT2D eigenvalue weighted by Gasteiger charge is -1.96. The first kappa shape index (κ1) is 7.98. The van der Waals surface area contributed by atoms with Gasteiger partial charge in [0.25, 0.3) is 0 Å². The maximum atomic E-state index is 11.1. The summed E-state index contributed by atoms with van der Waals surface area (Å²) in [5, 5.41) is 0. The van der Waals surface area contributed by atoms with Crippen LogP contribution in [-0.2, 0) is 13.0 Å². The van der Waals surface area contributed by atoms with Gasteiger partial charge in [0.2, 0.25) is 0 Å². The number of fused-ring (bicyclic) bond motifs is 1. The zero-order valence-electron chi connectivity index (χ0n) is 6.80. The van der Waals surface area contributed by atoms with Crippen LogP contribution in [0.15, 0.2) is 4.60 Å². The van der Waals surface area contributed by atoms with Crippen molar-refractivity contribution in [2.24, 2.45) is 0 Å². The van der Waals surface area contributed by atoms with Crippen molar-refractivity contribution in [3.05, 3.63) is 16.1 Å². The van der Waals surface area contributed by atoms with Crippen molar-refractivity contribution in [2.75, 3.05) is 0 Å². The molecule has 12 heavy (non-hydrogen) atoms. The third-order valence-corrected chi connectivity index (χ3v) is 2.90. The number of ketones is 1. The number of imidazole rings is 1. The second-order valence-corrected chi connectivity index (χ2v) is 3.73. The molecule has 0 saturated carbocycles. The van der Waals surface area contributed by atoms with E-state index >= 15 is 0 Å². The van der Waals surface area contributed by atoms with Gasteiger partial charge in [-0.15, -0.1) is 0 Å². The number of carbonyl (C=O) groups is 1. The molecule has 2 rings (SSSR count). The van der Waals surface area contributed by atoms with Gasteiger partial charge in [-0.3, -0.25) is 4.79 Å². The summed E-state index contributed by atoms with van der Waals surface area (Å²) in [6, 6.07) is 0. The highest BCUT2D eigenvalue weighted by molar-refractivity contribution is 9.10. The van der Waals surface area contributed by atoms with Crippen LogP contribution in [0.5, 0.6) is 0 Å². The van der Waals surface area contributed by atoms with Gasteiger partial charge >= 0.3 is 0 Å². The van der Waals surface area contributed by atoms with Crippen molar-refractivity contribution >= 4 is 21.7 Å². The molecule has 0 atom stereocenters. The van der Waals surface area contributed by atoms with E-state index in [0.29, 0.717) is 5.69 Å². The number of carbonyl (C=O) groups excluding carboxylic acids is 1. The third-order valence-electron chi connectivity index (χ3n) is 2.10. The molecule has 0 saturated heterocycles. The Balaban J connectivity index is 2.54. The summed E-state index contributed by atoms with van der Waals surface area (Å²) >= 11 is 3.38. The minimum atomic E-state index is 0.0313. The second-order valence-electron chi connectivity index (χ2n) is 2.98. The van der Waals surface area contributed by atoms with Gasteiger partial charge in [-0.1, -0.05) is 0 Å². The van der Waals surface area contributed by atoms with Gasteiger partial charge in [0, 0.05) is 19.9 Å². The molecular weight excluding hydrogens is 220 g/mol. The maximum Gasteiger partial charge on any atom is 0.180 e. The largest absolute Gasteiger partial charge is 0.322 e. The zero-order valence-corrected chi connectivity index (χ0v) is 8.39. The highest BCUT2D eigenvalue weighted by atomic mass is 79.9. The van der Waals surface area contributed by atoms with Gasteiger partial charge in [0.15, 0.2) is 5.78 Å². The van der Waals surface area contributed by atoms with E-state index in [2.05, 4.69) is 25.5 Å². The van der Waals surface area contributed by atoms with E-state index in [-0.39, 0.29) is 5.78 Å². The lowest BCUT2D eigenvalue weighted by molar-refractivity contribution is 0.101. The van der Waals surface area contributed by atoms with Crippen LogP contribution in [0.1, 0.15) is 29.7 Å². The predicted molar refractivity (Wildman–Crippen MR) is 48.3 cm³/mol. The van der Waals surface area contributed by atoms with Crippen molar-refractivity contribution in [2.45, 2.75) is 26.3 Å². The predicted octanol–water partition coefficient (Wildman–Crippen LogP) is 1.79. The minimum absolute atomic E-state index is 0.0313. The number of aryl methyl sites for hydroxylation is 1. The molecule has 64 valence electrons. The fourth-order valence-corrected chi connectivity index (χ4v) is 2.26. The number of halogens is 1. The summed E-state index contributed by atoms with van der Waals surface area (Å²) in [4.78, 5) is 15.3. The Morgan fingerprint density at radius 3 is 3.00 bits per heavy atom. The van der Waals surface area contributed by atoms with Gasteiger partial charge in [0.1, 0.15) is 16.1 Å². The summed E-state index contributed by atoms with van der Waals surface area (Å²) in [6.07, 6.45) is 2.13. The van der Waals surface area contributed by atoms with E-state index in [1.807, 2.05) is 0 Å². The molecule has 0 fully saturated rings. The average molecular weight is 229 g/mol. The molecular formula is C8H9BrN2O. The van der Waals surface area contributed by atoms with Crippen LogP contribution in [-0.4, -0.2) is 15.3 Å². The van der Waals surface area contributed by atoms with Gasteiger partial charge in [0.05, 0.1) is 0 Å². The van der Waals surface area contributed by atoms with Crippen molar-refractivity contribution < 1.29 is 4.79 Å². The normalized spacial score (nSPS) is 14.8. The molecule has 1 aromatic heterocycles. The summed E-state index contributed by atoms with van der Waals surface area (Å²) in [5.41, 5.74) is 0.574. The van der Waals surface area contributed by atoms with Gasteiger partial charge < -0.3 is 4.57 Å². The van der Waals surface area contributed by atoms with E-state index < -0.39 is 0 Å². The Kier molecular flexibility index (Phi) is 1.79. The number of nitrogens with zero attached hydrogens (tertiary/aromatic N) is 2. The van der Waals surface area contributed by atoms with Crippen LogP contribution in [0.2, 0.25) is 0 Å². The number of rotatable bonds is 1. The summed E-state index contributed by atoms with van der Waals surface area (Å²) in [5.74, 6) is 1.07. The molecule has 0 N–H and O–H groups in total. The van der Waals surface area contributed by atoms with Crippen LogP contribution < -0.4 is 0 Å². The van der Waals surface area contributed by atoms with Crippen LogP contribution >= 0.6 is 15.9 Å². The second kappa shape index (κ2) is 2.69. The summed E-state index contributed by atoms with van der Waals surface area (Å²) in [7, 11) is 0. The molecule has 0 spiro atoms. The van der Waals surface area contributed by atoms with Crippen LogP contribution in [0.25, 0.3) is 0 Å². The summed E-state index contributed by atoms with van der Waals surface area (Å²) in [6.45, 7) is 2.53. The SMILES string of the molecule is CC(=O)c1nc2n(c1Br)CCC2. The molecule has 1 aliphatic heterocycles. The molecule has 0 bridgehead atoms. The molecule has 0 unspecified atom stereocenters. The molecule has 3 nitrogen and oxygen atoms in total. The van der Waals surface area contributed by atoms with Gasteiger partial charge in [-0.25, -0.2) is 4.98 Å². The third kappa shape index (κ3) is 1.02. The van der Waals surface area contributed by atoms with Crippen molar-refractivity contribution in [3.8, 4) is 0 Å². The average Bonchev–Trinajstić information content (AvgIpc) is 2.53. The van der Waals surface area contributed by atoms with E-state index in [9.17, 15) is 4.79 Å². The topological polar surface area (TPSA) is 34.9 Å². The number of hydrogen-bond acceptors (Lipinski definition) is 2. The van der Waals surface area contributed by atoms with Crippen LogP contribution in [0, 0.1) is 0 Å². The maximum absolute atomic E-state index is 11.1. The van der Waals surface area contributed by atoms with Crippen molar-refractivity contribution in [3.63, 3.8) is 0 Å². The first-order chi connectivity index (χ1) is 5.70. The molecule has 4 heteroatoms.